The highest BCUT2D eigenvalue weighted by molar-refractivity contribution is 5.83. The fraction of sp³-hybridized carbons (Fsp3) is 0.400. The maximum Gasteiger partial charge on any atom is 0.126 e. The van der Waals surface area contributed by atoms with Crippen molar-refractivity contribution < 1.29 is 0 Å². The summed E-state index contributed by atoms with van der Waals surface area (Å²) in [5.74, 6) is 1.68. The predicted octanol–water partition coefficient (Wildman–Crippen LogP) is 2.18. The molecular weight excluding hydrogens is 236 g/mol. The summed E-state index contributed by atoms with van der Waals surface area (Å²) in [6.45, 7) is 3.38. The molecule has 0 aliphatic carbocycles. The molecule has 100 valence electrons. The van der Waals surface area contributed by atoms with Gasteiger partial charge in [-0.3, -0.25) is 0 Å². The van der Waals surface area contributed by atoms with Gasteiger partial charge in [-0.15, -0.1) is 0 Å². The van der Waals surface area contributed by atoms with Crippen LogP contribution < -0.4 is 11.1 Å². The van der Waals surface area contributed by atoms with Crippen molar-refractivity contribution in [3.63, 3.8) is 0 Å². The Bertz CT molecular complexity index is 581. The van der Waals surface area contributed by atoms with E-state index in [1.165, 1.54) is 19.5 Å². The van der Waals surface area contributed by atoms with E-state index in [2.05, 4.69) is 28.3 Å². The van der Waals surface area contributed by atoms with Crippen molar-refractivity contribution >= 4 is 22.4 Å². The van der Waals surface area contributed by atoms with E-state index in [9.17, 15) is 0 Å². The van der Waals surface area contributed by atoms with E-state index in [1.807, 2.05) is 24.3 Å². The predicted molar refractivity (Wildman–Crippen MR) is 80.2 cm³/mol. The molecular formula is C15H20N4. The molecule has 0 bridgehead atoms. The van der Waals surface area contributed by atoms with E-state index >= 15 is 0 Å². The average Bonchev–Trinajstić information content (AvgIpc) is 2.82. The normalized spacial score (nSPS) is 19.9. The first kappa shape index (κ1) is 12.2. The van der Waals surface area contributed by atoms with Crippen molar-refractivity contribution in [3.05, 3.63) is 30.3 Å². The SMILES string of the molecule is CN1CCC(CNc2ccc3cc(N)ccc3n2)C1. The number of rotatable bonds is 3. The van der Waals surface area contributed by atoms with Crippen LogP contribution in [-0.2, 0) is 0 Å². The van der Waals surface area contributed by atoms with Gasteiger partial charge in [0, 0.05) is 24.2 Å². The van der Waals surface area contributed by atoms with E-state index in [4.69, 9.17) is 5.73 Å². The van der Waals surface area contributed by atoms with E-state index in [0.29, 0.717) is 0 Å². The molecule has 0 radical (unpaired) electrons. The lowest BCUT2D eigenvalue weighted by Gasteiger charge is -2.12. The average molecular weight is 256 g/mol. The van der Waals surface area contributed by atoms with Gasteiger partial charge in [0.1, 0.15) is 5.82 Å². The van der Waals surface area contributed by atoms with Gasteiger partial charge in [0.2, 0.25) is 0 Å². The molecule has 1 saturated heterocycles. The Kier molecular flexibility index (Phi) is 3.25. The second kappa shape index (κ2) is 5.05. The molecule has 1 aliphatic rings. The molecule has 1 unspecified atom stereocenters. The van der Waals surface area contributed by atoms with Gasteiger partial charge in [0.05, 0.1) is 5.52 Å². The maximum atomic E-state index is 5.77. The number of fused-ring (bicyclic) bond motifs is 1. The van der Waals surface area contributed by atoms with Gasteiger partial charge in [-0.2, -0.15) is 0 Å². The van der Waals surface area contributed by atoms with Crippen molar-refractivity contribution in [2.75, 3.05) is 37.7 Å². The van der Waals surface area contributed by atoms with Gasteiger partial charge in [-0.05, 0) is 56.3 Å². The number of nitrogens with zero attached hydrogens (tertiary/aromatic N) is 2. The van der Waals surface area contributed by atoms with E-state index in [0.717, 1.165) is 34.9 Å². The quantitative estimate of drug-likeness (QED) is 0.827. The van der Waals surface area contributed by atoms with E-state index in [1.54, 1.807) is 0 Å². The van der Waals surface area contributed by atoms with Crippen LogP contribution in [0.4, 0.5) is 11.5 Å². The van der Waals surface area contributed by atoms with Crippen LogP contribution in [0.5, 0.6) is 0 Å². The summed E-state index contributed by atoms with van der Waals surface area (Å²) >= 11 is 0. The Hall–Kier alpha value is -1.81. The highest BCUT2D eigenvalue weighted by Crippen LogP contribution is 2.19. The van der Waals surface area contributed by atoms with Crippen molar-refractivity contribution in [1.29, 1.82) is 0 Å². The fourth-order valence-electron chi connectivity index (χ4n) is 2.68. The van der Waals surface area contributed by atoms with Crippen LogP contribution in [0.1, 0.15) is 6.42 Å². The second-order valence-electron chi connectivity index (χ2n) is 5.45. The number of benzene rings is 1. The van der Waals surface area contributed by atoms with Crippen molar-refractivity contribution in [1.82, 2.24) is 9.88 Å². The zero-order chi connectivity index (χ0) is 13.2. The zero-order valence-electron chi connectivity index (χ0n) is 11.3. The van der Waals surface area contributed by atoms with Crippen LogP contribution in [-0.4, -0.2) is 36.6 Å². The number of aromatic nitrogens is 1. The van der Waals surface area contributed by atoms with Crippen LogP contribution in [0.15, 0.2) is 30.3 Å². The molecule has 0 saturated carbocycles. The molecule has 19 heavy (non-hydrogen) atoms. The van der Waals surface area contributed by atoms with Crippen molar-refractivity contribution in [3.8, 4) is 0 Å². The largest absolute Gasteiger partial charge is 0.399 e. The minimum atomic E-state index is 0.730. The topological polar surface area (TPSA) is 54.2 Å². The second-order valence-corrected chi connectivity index (χ2v) is 5.45. The Labute approximate surface area is 113 Å². The number of anilines is 2. The van der Waals surface area contributed by atoms with Gasteiger partial charge in [-0.1, -0.05) is 0 Å². The Morgan fingerprint density at radius 1 is 1.37 bits per heavy atom. The number of hydrogen-bond acceptors (Lipinski definition) is 4. The summed E-state index contributed by atoms with van der Waals surface area (Å²) in [6, 6.07) is 9.92. The first-order chi connectivity index (χ1) is 9.20. The van der Waals surface area contributed by atoms with Gasteiger partial charge in [0.25, 0.3) is 0 Å². The number of nitrogens with one attached hydrogen (secondary N) is 1. The summed E-state index contributed by atoms with van der Waals surface area (Å²) < 4.78 is 0. The van der Waals surface area contributed by atoms with Crippen molar-refractivity contribution in [2.45, 2.75) is 6.42 Å². The van der Waals surface area contributed by atoms with E-state index < -0.39 is 0 Å². The zero-order valence-corrected chi connectivity index (χ0v) is 11.3. The third-order valence-corrected chi connectivity index (χ3v) is 3.77. The van der Waals surface area contributed by atoms with Crippen LogP contribution in [0, 0.1) is 5.92 Å². The van der Waals surface area contributed by atoms with Gasteiger partial charge >= 0.3 is 0 Å². The number of hydrogen-bond donors (Lipinski definition) is 2. The molecule has 2 aromatic rings. The number of pyridine rings is 1. The monoisotopic (exact) mass is 256 g/mol. The summed E-state index contributed by atoms with van der Waals surface area (Å²) in [7, 11) is 2.18. The Morgan fingerprint density at radius 2 is 2.26 bits per heavy atom. The lowest BCUT2D eigenvalue weighted by Crippen LogP contribution is -2.19. The van der Waals surface area contributed by atoms with E-state index in [-0.39, 0.29) is 0 Å². The third-order valence-electron chi connectivity index (χ3n) is 3.77. The third kappa shape index (κ3) is 2.79. The number of nitrogen functional groups attached to an aromatic ring is 1. The first-order valence-electron chi connectivity index (χ1n) is 6.79. The summed E-state index contributed by atoms with van der Waals surface area (Å²) in [6.07, 6.45) is 1.27. The molecule has 0 spiro atoms. The lowest BCUT2D eigenvalue weighted by molar-refractivity contribution is 0.399. The number of likely N-dealkylation sites (tertiary alicyclic amines) is 1. The van der Waals surface area contributed by atoms with Gasteiger partial charge < -0.3 is 16.0 Å². The molecule has 1 aromatic heterocycles. The van der Waals surface area contributed by atoms with Crippen molar-refractivity contribution in [2.24, 2.45) is 5.92 Å². The molecule has 2 heterocycles. The minimum Gasteiger partial charge on any atom is -0.399 e. The minimum absolute atomic E-state index is 0.730. The molecule has 1 aliphatic heterocycles. The molecule has 1 aromatic carbocycles. The smallest absolute Gasteiger partial charge is 0.126 e. The van der Waals surface area contributed by atoms with Crippen LogP contribution >= 0.6 is 0 Å². The molecule has 3 N–H and O–H groups in total. The van der Waals surface area contributed by atoms with Crippen LogP contribution in [0.25, 0.3) is 10.9 Å². The highest BCUT2D eigenvalue weighted by Gasteiger charge is 2.18. The Morgan fingerprint density at radius 3 is 3.05 bits per heavy atom. The molecule has 0 amide bonds. The molecule has 1 fully saturated rings. The standard InChI is InChI=1S/C15H20N4/c1-19-7-6-11(10-19)9-17-15-5-2-12-8-13(16)3-4-14(12)18-15/h2-5,8,11H,6-7,9-10,16H2,1H3,(H,17,18). The van der Waals surface area contributed by atoms with Crippen LogP contribution in [0.2, 0.25) is 0 Å². The maximum absolute atomic E-state index is 5.77. The molecule has 4 heteroatoms. The summed E-state index contributed by atoms with van der Waals surface area (Å²) in [4.78, 5) is 6.99. The molecule has 4 nitrogen and oxygen atoms in total. The first-order valence-corrected chi connectivity index (χ1v) is 6.79. The highest BCUT2D eigenvalue weighted by atomic mass is 15.1. The summed E-state index contributed by atoms with van der Waals surface area (Å²) in [5.41, 5.74) is 7.54. The molecule has 1 atom stereocenters. The Balaban J connectivity index is 1.69. The fourth-order valence-corrected chi connectivity index (χ4v) is 2.68. The molecule has 3 rings (SSSR count). The van der Waals surface area contributed by atoms with Crippen LogP contribution in [0.3, 0.4) is 0 Å². The lowest BCUT2D eigenvalue weighted by atomic mass is 10.1. The van der Waals surface area contributed by atoms with Gasteiger partial charge in [-0.25, -0.2) is 4.98 Å². The summed E-state index contributed by atoms with van der Waals surface area (Å²) in [5, 5.41) is 4.53. The van der Waals surface area contributed by atoms with Gasteiger partial charge in [0.15, 0.2) is 0 Å². The number of nitrogens with two attached hydrogens (primary N) is 1.